The predicted octanol–water partition coefficient (Wildman–Crippen LogP) is 3.07. The lowest BCUT2D eigenvalue weighted by Crippen LogP contribution is -2.38. The maximum absolute atomic E-state index is 10.1. The topological polar surface area (TPSA) is 49.5 Å². The number of likely N-dealkylation sites (N-methyl/N-ethyl adjacent to an activating group) is 1. The van der Waals surface area contributed by atoms with Crippen LogP contribution in [0.1, 0.15) is 26.3 Å². The molecule has 3 N–H and O–H groups in total. The quantitative estimate of drug-likeness (QED) is 0.833. The normalized spacial score (nSPS) is 11.6. The Balaban J connectivity index is 2.59. The number of thiocarbonyl (C=S) groups is 1. The van der Waals surface area contributed by atoms with Crippen molar-refractivity contribution in [2.75, 3.05) is 18.0 Å². The summed E-state index contributed by atoms with van der Waals surface area (Å²) in [4.78, 5) is 2.58. The van der Waals surface area contributed by atoms with E-state index >= 15 is 0 Å². The van der Waals surface area contributed by atoms with Crippen molar-refractivity contribution < 1.29 is 5.11 Å². The Kier molecular flexibility index (Phi) is 4.49. The first-order valence-electron chi connectivity index (χ1n) is 7.12. The van der Waals surface area contributed by atoms with E-state index in [1.165, 1.54) is 0 Å². The number of rotatable bonds is 5. The van der Waals surface area contributed by atoms with Gasteiger partial charge in [-0.3, -0.25) is 0 Å². The van der Waals surface area contributed by atoms with Crippen LogP contribution in [-0.2, 0) is 0 Å². The molecule has 0 aliphatic carbocycles. The van der Waals surface area contributed by atoms with Gasteiger partial charge in [0.1, 0.15) is 4.99 Å². The Bertz CT molecular complexity index is 661. The van der Waals surface area contributed by atoms with Crippen molar-refractivity contribution >= 4 is 33.7 Å². The molecule has 0 aromatic heterocycles. The average molecular weight is 302 g/mol. The van der Waals surface area contributed by atoms with Gasteiger partial charge in [0.05, 0.1) is 5.60 Å². The van der Waals surface area contributed by atoms with Gasteiger partial charge in [-0.2, -0.15) is 0 Å². The molecule has 0 heterocycles. The minimum Gasteiger partial charge on any atom is -0.389 e. The Morgan fingerprint density at radius 1 is 1.19 bits per heavy atom. The van der Waals surface area contributed by atoms with Crippen LogP contribution in [0.15, 0.2) is 36.4 Å². The van der Waals surface area contributed by atoms with Gasteiger partial charge in [-0.25, -0.2) is 0 Å². The van der Waals surface area contributed by atoms with Crippen LogP contribution in [0, 0.1) is 0 Å². The number of hydrogen-bond donors (Lipinski definition) is 2. The van der Waals surface area contributed by atoms with E-state index in [9.17, 15) is 5.11 Å². The van der Waals surface area contributed by atoms with Gasteiger partial charge in [0.25, 0.3) is 0 Å². The van der Waals surface area contributed by atoms with E-state index in [1.54, 1.807) is 0 Å². The summed E-state index contributed by atoms with van der Waals surface area (Å²) in [6, 6.07) is 12.1. The summed E-state index contributed by atoms with van der Waals surface area (Å²) in [7, 11) is 0. The van der Waals surface area contributed by atoms with Crippen LogP contribution in [0.4, 0.5) is 5.69 Å². The molecule has 0 unspecified atom stereocenters. The van der Waals surface area contributed by atoms with Crippen molar-refractivity contribution in [1.29, 1.82) is 0 Å². The molecule has 4 heteroatoms. The third-order valence-corrected chi connectivity index (χ3v) is 3.69. The second-order valence-electron chi connectivity index (χ2n) is 5.87. The molecular formula is C17H22N2OS. The van der Waals surface area contributed by atoms with Crippen LogP contribution in [0.3, 0.4) is 0 Å². The summed E-state index contributed by atoms with van der Waals surface area (Å²) in [5, 5.41) is 12.3. The summed E-state index contributed by atoms with van der Waals surface area (Å²) in [5.74, 6) is 0. The standard InChI is InChI=1S/C17H22N2OS/c1-4-19(11-17(2,3)20)15-10-9-14(16(18)21)12-7-5-6-8-13(12)15/h5-10,20H,4,11H2,1-3H3,(H2,18,21). The highest BCUT2D eigenvalue weighted by molar-refractivity contribution is 7.80. The van der Waals surface area contributed by atoms with Crippen molar-refractivity contribution in [2.24, 2.45) is 5.73 Å². The molecule has 0 fully saturated rings. The van der Waals surface area contributed by atoms with E-state index in [1.807, 2.05) is 44.2 Å². The van der Waals surface area contributed by atoms with Crippen molar-refractivity contribution in [3.63, 3.8) is 0 Å². The largest absolute Gasteiger partial charge is 0.389 e. The highest BCUT2D eigenvalue weighted by Gasteiger charge is 2.19. The molecule has 0 saturated carbocycles. The highest BCUT2D eigenvalue weighted by atomic mass is 32.1. The first kappa shape index (κ1) is 15.7. The first-order chi connectivity index (χ1) is 9.83. The lowest BCUT2D eigenvalue weighted by molar-refractivity contribution is 0.0876. The Labute approximate surface area is 131 Å². The van der Waals surface area contributed by atoms with Crippen LogP contribution in [0.5, 0.6) is 0 Å². The molecule has 0 amide bonds. The van der Waals surface area contributed by atoms with Crippen molar-refractivity contribution in [3.05, 3.63) is 42.0 Å². The van der Waals surface area contributed by atoms with Gasteiger partial charge in [0.15, 0.2) is 0 Å². The fourth-order valence-electron chi connectivity index (χ4n) is 2.61. The molecule has 2 rings (SSSR count). The van der Waals surface area contributed by atoms with Crippen molar-refractivity contribution in [3.8, 4) is 0 Å². The molecule has 21 heavy (non-hydrogen) atoms. The molecule has 0 saturated heterocycles. The Morgan fingerprint density at radius 2 is 1.81 bits per heavy atom. The van der Waals surface area contributed by atoms with E-state index in [0.717, 1.165) is 28.6 Å². The molecule has 3 nitrogen and oxygen atoms in total. The maximum atomic E-state index is 10.1. The van der Waals surface area contributed by atoms with E-state index in [-0.39, 0.29) is 0 Å². The third kappa shape index (κ3) is 3.52. The van der Waals surface area contributed by atoms with Crippen LogP contribution in [0.25, 0.3) is 10.8 Å². The molecule has 0 spiro atoms. The second-order valence-corrected chi connectivity index (χ2v) is 6.31. The molecule has 112 valence electrons. The molecule has 0 atom stereocenters. The second kappa shape index (κ2) is 6.00. The monoisotopic (exact) mass is 302 g/mol. The number of benzene rings is 2. The number of nitrogens with zero attached hydrogens (tertiary/aromatic N) is 1. The minimum atomic E-state index is -0.751. The molecule has 0 aliphatic rings. The smallest absolute Gasteiger partial charge is 0.104 e. The third-order valence-electron chi connectivity index (χ3n) is 3.47. The van der Waals surface area contributed by atoms with Gasteiger partial charge in [0, 0.05) is 29.7 Å². The zero-order valence-electron chi connectivity index (χ0n) is 12.8. The maximum Gasteiger partial charge on any atom is 0.104 e. The van der Waals surface area contributed by atoms with Gasteiger partial charge in [0.2, 0.25) is 0 Å². The number of anilines is 1. The van der Waals surface area contributed by atoms with Crippen LogP contribution < -0.4 is 10.6 Å². The molecule has 2 aromatic rings. The van der Waals surface area contributed by atoms with E-state index in [4.69, 9.17) is 18.0 Å². The van der Waals surface area contributed by atoms with E-state index in [2.05, 4.69) is 17.9 Å². The fourth-order valence-corrected chi connectivity index (χ4v) is 2.79. The fraction of sp³-hybridized carbons (Fsp3) is 0.353. The van der Waals surface area contributed by atoms with Crippen molar-refractivity contribution in [2.45, 2.75) is 26.4 Å². The number of hydrogen-bond acceptors (Lipinski definition) is 3. The summed E-state index contributed by atoms with van der Waals surface area (Å²) in [6.07, 6.45) is 0. The van der Waals surface area contributed by atoms with Gasteiger partial charge < -0.3 is 15.7 Å². The Hall–Kier alpha value is -1.65. The number of aliphatic hydroxyl groups is 1. The SMILES string of the molecule is CCN(CC(C)(C)O)c1ccc(C(N)=S)c2ccccc12. The summed E-state index contributed by atoms with van der Waals surface area (Å²) in [5.41, 5.74) is 7.05. The van der Waals surface area contributed by atoms with Gasteiger partial charge >= 0.3 is 0 Å². The highest BCUT2D eigenvalue weighted by Crippen LogP contribution is 2.30. The lowest BCUT2D eigenvalue weighted by atomic mass is 10.0. The Morgan fingerprint density at radius 3 is 2.33 bits per heavy atom. The summed E-state index contributed by atoms with van der Waals surface area (Å²) < 4.78 is 0. The molecule has 0 bridgehead atoms. The van der Waals surface area contributed by atoms with Gasteiger partial charge in [-0.15, -0.1) is 0 Å². The van der Waals surface area contributed by atoms with Crippen molar-refractivity contribution in [1.82, 2.24) is 0 Å². The molecule has 0 radical (unpaired) electrons. The molecular weight excluding hydrogens is 280 g/mol. The summed E-state index contributed by atoms with van der Waals surface area (Å²) >= 11 is 5.14. The number of nitrogens with two attached hydrogens (primary N) is 1. The first-order valence-corrected chi connectivity index (χ1v) is 7.53. The molecule has 2 aromatic carbocycles. The minimum absolute atomic E-state index is 0.406. The average Bonchev–Trinajstić information content (AvgIpc) is 2.42. The predicted molar refractivity (Wildman–Crippen MR) is 94.0 cm³/mol. The number of fused-ring (bicyclic) bond motifs is 1. The van der Waals surface area contributed by atoms with Gasteiger partial charge in [-0.1, -0.05) is 36.5 Å². The van der Waals surface area contributed by atoms with Crippen LogP contribution >= 0.6 is 12.2 Å². The lowest BCUT2D eigenvalue weighted by Gasteiger charge is -2.31. The zero-order chi connectivity index (χ0) is 15.6. The van der Waals surface area contributed by atoms with E-state index in [0.29, 0.717) is 11.5 Å². The van der Waals surface area contributed by atoms with Gasteiger partial charge in [-0.05, 0) is 38.3 Å². The van der Waals surface area contributed by atoms with Crippen LogP contribution in [-0.4, -0.2) is 28.8 Å². The van der Waals surface area contributed by atoms with E-state index < -0.39 is 5.60 Å². The van der Waals surface area contributed by atoms with Crippen LogP contribution in [0.2, 0.25) is 0 Å². The zero-order valence-corrected chi connectivity index (χ0v) is 13.6. The molecule has 0 aliphatic heterocycles. The summed E-state index contributed by atoms with van der Waals surface area (Å²) in [6.45, 7) is 7.12.